The first-order chi connectivity index (χ1) is 11.0. The third-order valence-corrected chi connectivity index (χ3v) is 3.83. The lowest BCUT2D eigenvalue weighted by atomic mass is 10.2. The lowest BCUT2D eigenvalue weighted by Gasteiger charge is -2.11. The third kappa shape index (κ3) is 5.03. The minimum atomic E-state index is -0.279. The fourth-order valence-corrected chi connectivity index (χ4v) is 2.22. The number of aromatic nitrogens is 1. The van der Waals surface area contributed by atoms with Crippen molar-refractivity contribution in [2.24, 2.45) is 4.99 Å². The Morgan fingerprint density at radius 2 is 2.17 bits per heavy atom. The topological polar surface area (TPSA) is 37.7 Å². The van der Waals surface area contributed by atoms with E-state index < -0.39 is 0 Å². The summed E-state index contributed by atoms with van der Waals surface area (Å²) >= 11 is 3.44. The number of nitrogens with zero attached hydrogens (tertiary/aromatic N) is 3. The van der Waals surface area contributed by atoms with Crippen LogP contribution in [0.25, 0.3) is 0 Å². The summed E-state index contributed by atoms with van der Waals surface area (Å²) in [7, 11) is 1.96. The van der Waals surface area contributed by atoms with Crippen LogP contribution in [0.1, 0.15) is 18.2 Å². The second-order valence-electron chi connectivity index (χ2n) is 5.12. The van der Waals surface area contributed by atoms with Gasteiger partial charge in [-0.25, -0.2) is 14.4 Å². The summed E-state index contributed by atoms with van der Waals surface area (Å²) in [5, 5.41) is 0. The zero-order valence-electron chi connectivity index (χ0n) is 13.4. The molecule has 1 aromatic carbocycles. The molecule has 0 N–H and O–H groups in total. The molecule has 2 aromatic rings. The Bertz CT molecular complexity index is 706. The van der Waals surface area contributed by atoms with Crippen molar-refractivity contribution >= 4 is 28.0 Å². The molecule has 23 heavy (non-hydrogen) atoms. The van der Waals surface area contributed by atoms with E-state index in [0.717, 1.165) is 23.5 Å². The average Bonchev–Trinajstić information content (AvgIpc) is 2.53. The van der Waals surface area contributed by atoms with Crippen molar-refractivity contribution in [3.05, 3.63) is 51.9 Å². The molecule has 1 heterocycles. The quantitative estimate of drug-likeness (QED) is 0.548. The Morgan fingerprint density at radius 3 is 2.87 bits per heavy atom. The zero-order chi connectivity index (χ0) is 16.8. The fourth-order valence-electron chi connectivity index (χ4n) is 1.80. The molecule has 0 spiro atoms. The van der Waals surface area contributed by atoms with Gasteiger partial charge in [-0.3, -0.25) is 0 Å². The van der Waals surface area contributed by atoms with Gasteiger partial charge in [0.2, 0.25) is 5.88 Å². The summed E-state index contributed by atoms with van der Waals surface area (Å²) in [5.41, 5.74) is 2.29. The van der Waals surface area contributed by atoms with Crippen LogP contribution >= 0.6 is 15.9 Å². The minimum absolute atomic E-state index is 0.254. The number of ether oxygens (including phenoxy) is 1. The number of aryl methyl sites for hydroxylation is 1. The molecule has 0 atom stereocenters. The maximum absolute atomic E-state index is 13.2. The molecule has 0 saturated carbocycles. The Morgan fingerprint density at radius 1 is 1.39 bits per heavy atom. The molecule has 0 radical (unpaired) electrons. The molecule has 0 aliphatic heterocycles. The van der Waals surface area contributed by atoms with E-state index in [0.29, 0.717) is 10.4 Å². The SMILES string of the molecule is CCN(C)C=Nc1cc(Br)c(OCc2cccc(F)c2)nc1C. The Kier molecular flexibility index (Phi) is 6.10. The summed E-state index contributed by atoms with van der Waals surface area (Å²) in [4.78, 5) is 10.8. The fraction of sp³-hybridized carbons (Fsp3) is 0.294. The molecule has 6 heteroatoms. The van der Waals surface area contributed by atoms with Gasteiger partial charge in [-0.1, -0.05) is 12.1 Å². The van der Waals surface area contributed by atoms with Crippen LogP contribution in [0.4, 0.5) is 10.1 Å². The van der Waals surface area contributed by atoms with Crippen molar-refractivity contribution in [1.82, 2.24) is 9.88 Å². The van der Waals surface area contributed by atoms with E-state index in [-0.39, 0.29) is 12.4 Å². The molecule has 0 bridgehead atoms. The first-order valence-electron chi connectivity index (χ1n) is 7.28. The second kappa shape index (κ2) is 8.06. The average molecular weight is 380 g/mol. The molecule has 0 aliphatic carbocycles. The maximum atomic E-state index is 13.2. The van der Waals surface area contributed by atoms with Crippen LogP contribution in [0.15, 0.2) is 39.8 Å². The Balaban J connectivity index is 2.12. The van der Waals surface area contributed by atoms with Gasteiger partial charge in [0.15, 0.2) is 0 Å². The van der Waals surface area contributed by atoms with Crippen molar-refractivity contribution in [3.8, 4) is 5.88 Å². The van der Waals surface area contributed by atoms with Gasteiger partial charge in [-0.2, -0.15) is 0 Å². The predicted molar refractivity (Wildman–Crippen MR) is 93.9 cm³/mol. The highest BCUT2D eigenvalue weighted by Gasteiger charge is 2.09. The van der Waals surface area contributed by atoms with Crippen LogP contribution < -0.4 is 4.74 Å². The minimum Gasteiger partial charge on any atom is -0.472 e. The monoisotopic (exact) mass is 379 g/mol. The first-order valence-corrected chi connectivity index (χ1v) is 8.07. The van der Waals surface area contributed by atoms with Crippen LogP contribution in [0.3, 0.4) is 0 Å². The van der Waals surface area contributed by atoms with Gasteiger partial charge in [0, 0.05) is 13.6 Å². The van der Waals surface area contributed by atoms with Gasteiger partial charge in [-0.15, -0.1) is 0 Å². The van der Waals surface area contributed by atoms with Gasteiger partial charge < -0.3 is 9.64 Å². The van der Waals surface area contributed by atoms with Crippen molar-refractivity contribution in [1.29, 1.82) is 0 Å². The number of hydrogen-bond acceptors (Lipinski definition) is 3. The van der Waals surface area contributed by atoms with Crippen LogP contribution in [0, 0.1) is 12.7 Å². The molecule has 1 aromatic heterocycles. The number of aliphatic imine (C=N–C) groups is 1. The van der Waals surface area contributed by atoms with Crippen molar-refractivity contribution in [3.63, 3.8) is 0 Å². The van der Waals surface area contributed by atoms with Gasteiger partial charge >= 0.3 is 0 Å². The number of pyridine rings is 1. The number of benzene rings is 1. The van der Waals surface area contributed by atoms with Crippen molar-refractivity contribution in [2.45, 2.75) is 20.5 Å². The van der Waals surface area contributed by atoms with E-state index >= 15 is 0 Å². The van der Waals surface area contributed by atoms with Gasteiger partial charge in [0.05, 0.1) is 22.2 Å². The summed E-state index contributed by atoms with van der Waals surface area (Å²) in [6, 6.07) is 8.18. The normalized spacial score (nSPS) is 11.0. The molecule has 0 saturated heterocycles. The summed E-state index contributed by atoms with van der Waals surface area (Å²) in [5.74, 6) is 0.189. The van der Waals surface area contributed by atoms with Crippen molar-refractivity contribution < 1.29 is 9.13 Å². The predicted octanol–water partition coefficient (Wildman–Crippen LogP) is 4.48. The molecule has 122 valence electrons. The first kappa shape index (κ1) is 17.4. The molecule has 0 unspecified atom stereocenters. The highest BCUT2D eigenvalue weighted by Crippen LogP contribution is 2.30. The van der Waals surface area contributed by atoms with Crippen LogP contribution in [-0.2, 0) is 6.61 Å². The number of halogens is 2. The largest absolute Gasteiger partial charge is 0.472 e. The molecule has 0 amide bonds. The van der Waals surface area contributed by atoms with Gasteiger partial charge in [0.25, 0.3) is 0 Å². The highest BCUT2D eigenvalue weighted by molar-refractivity contribution is 9.10. The summed E-state index contributed by atoms with van der Waals surface area (Å²) in [6.45, 7) is 5.06. The zero-order valence-corrected chi connectivity index (χ0v) is 15.0. The molecule has 0 fully saturated rings. The lowest BCUT2D eigenvalue weighted by Crippen LogP contribution is -2.14. The molecule has 2 rings (SSSR count). The standard InChI is InChI=1S/C17H19BrFN3O/c1-4-22(3)11-20-16-9-15(18)17(21-12(16)2)23-10-13-6-5-7-14(19)8-13/h5-9,11H,4,10H2,1-3H3. The molecule has 4 nitrogen and oxygen atoms in total. The van der Waals surface area contributed by atoms with E-state index in [9.17, 15) is 4.39 Å². The number of rotatable bonds is 6. The van der Waals surface area contributed by atoms with E-state index in [1.54, 1.807) is 12.4 Å². The maximum Gasteiger partial charge on any atom is 0.228 e. The Hall–Kier alpha value is -1.95. The molecule has 0 aliphatic rings. The summed E-state index contributed by atoms with van der Waals surface area (Å²) < 4.78 is 19.6. The van der Waals surface area contributed by atoms with Crippen molar-refractivity contribution in [2.75, 3.05) is 13.6 Å². The highest BCUT2D eigenvalue weighted by atomic mass is 79.9. The van der Waals surface area contributed by atoms with E-state index in [4.69, 9.17) is 4.74 Å². The third-order valence-electron chi connectivity index (χ3n) is 3.27. The molecular formula is C17H19BrFN3O. The van der Waals surface area contributed by atoms with Crippen LogP contribution in [0.5, 0.6) is 5.88 Å². The van der Waals surface area contributed by atoms with E-state index in [2.05, 4.69) is 32.8 Å². The lowest BCUT2D eigenvalue weighted by molar-refractivity contribution is 0.290. The Labute approximate surface area is 144 Å². The second-order valence-corrected chi connectivity index (χ2v) is 5.97. The smallest absolute Gasteiger partial charge is 0.228 e. The number of hydrogen-bond donors (Lipinski definition) is 0. The van der Waals surface area contributed by atoms with Gasteiger partial charge in [0.1, 0.15) is 12.4 Å². The van der Waals surface area contributed by atoms with Gasteiger partial charge in [-0.05, 0) is 53.5 Å². The van der Waals surface area contributed by atoms with Crippen LogP contribution in [-0.4, -0.2) is 29.8 Å². The summed E-state index contributed by atoms with van der Waals surface area (Å²) in [6.07, 6.45) is 1.77. The van der Waals surface area contributed by atoms with E-state index in [1.807, 2.05) is 31.0 Å². The van der Waals surface area contributed by atoms with Crippen LogP contribution in [0.2, 0.25) is 0 Å². The van der Waals surface area contributed by atoms with E-state index in [1.165, 1.54) is 12.1 Å². The molecular weight excluding hydrogens is 361 g/mol.